The van der Waals surface area contributed by atoms with Gasteiger partial charge in [-0.2, -0.15) is 0 Å². The molecule has 2 aromatic rings. The molecule has 27 heavy (non-hydrogen) atoms. The lowest BCUT2D eigenvalue weighted by Crippen LogP contribution is -3.06. The number of aliphatic hydroxyl groups excluding tert-OH is 1. The molecule has 0 radical (unpaired) electrons. The Balaban J connectivity index is 2.07. The summed E-state index contributed by atoms with van der Waals surface area (Å²) in [5.41, 5.74) is 0.663. The number of hydrogen-bond acceptors (Lipinski definition) is 6. The largest absolute Gasteiger partial charge is 0.503 e. The molecule has 0 spiro atoms. The monoisotopic (exact) mass is 390 g/mol. The lowest BCUT2D eigenvalue weighted by Gasteiger charge is -2.25. The highest BCUT2D eigenvalue weighted by Gasteiger charge is 2.46. The summed E-state index contributed by atoms with van der Waals surface area (Å²) in [6.45, 7) is 6.45. The van der Waals surface area contributed by atoms with E-state index in [2.05, 4.69) is 4.98 Å². The number of furan rings is 1. The van der Waals surface area contributed by atoms with Crippen LogP contribution in [0.25, 0.3) is 0 Å². The van der Waals surface area contributed by atoms with Gasteiger partial charge >= 0.3 is 0 Å². The molecule has 2 N–H and O–H groups in total. The third-order valence-electron chi connectivity index (χ3n) is 4.54. The number of likely N-dealkylation sites (N-methyl/N-ethyl adjacent to an activating group) is 1. The van der Waals surface area contributed by atoms with Crippen molar-refractivity contribution in [3.8, 4) is 0 Å². The maximum Gasteiger partial charge on any atom is 0.290 e. The number of carbonyl (C=O) groups excluding carboxylic acids is 2. The molecule has 3 heterocycles. The van der Waals surface area contributed by atoms with Gasteiger partial charge in [-0.15, -0.1) is 11.3 Å². The Kier molecular flexibility index (Phi) is 5.21. The molecule has 0 saturated heterocycles. The predicted molar refractivity (Wildman–Crippen MR) is 101 cm³/mol. The molecule has 1 aliphatic heterocycles. The maximum atomic E-state index is 13.2. The van der Waals surface area contributed by atoms with Crippen LogP contribution in [-0.4, -0.2) is 53.9 Å². The molecule has 1 amide bonds. The number of aliphatic hydroxyl groups is 1. The van der Waals surface area contributed by atoms with E-state index in [1.807, 2.05) is 21.0 Å². The third-order valence-corrected chi connectivity index (χ3v) is 5.61. The summed E-state index contributed by atoms with van der Waals surface area (Å²) in [6.07, 6.45) is 0. The summed E-state index contributed by atoms with van der Waals surface area (Å²) in [5, 5.41) is 11.3. The molecule has 144 valence electrons. The van der Waals surface area contributed by atoms with Crippen molar-refractivity contribution in [3.63, 3.8) is 0 Å². The highest BCUT2D eigenvalue weighted by molar-refractivity contribution is 7.14. The fraction of sp³-hybridized carbons (Fsp3) is 0.421. The Bertz CT molecular complexity index is 925. The van der Waals surface area contributed by atoms with Crippen LogP contribution >= 0.6 is 11.3 Å². The topological polar surface area (TPSA) is 88.1 Å². The Morgan fingerprint density at radius 1 is 1.33 bits per heavy atom. The zero-order valence-electron chi connectivity index (χ0n) is 16.1. The third kappa shape index (κ3) is 3.54. The van der Waals surface area contributed by atoms with Gasteiger partial charge in [-0.3, -0.25) is 9.59 Å². The van der Waals surface area contributed by atoms with Crippen LogP contribution in [0.3, 0.4) is 0 Å². The van der Waals surface area contributed by atoms with Crippen LogP contribution in [-0.2, 0) is 4.79 Å². The van der Waals surface area contributed by atoms with Crippen LogP contribution in [0.1, 0.15) is 37.9 Å². The number of rotatable bonds is 6. The lowest BCUT2D eigenvalue weighted by atomic mass is 9.99. The molecular weight excluding hydrogens is 366 g/mol. The van der Waals surface area contributed by atoms with Crippen LogP contribution in [0, 0.1) is 20.8 Å². The Morgan fingerprint density at radius 3 is 2.56 bits per heavy atom. The van der Waals surface area contributed by atoms with E-state index in [0.29, 0.717) is 35.2 Å². The minimum Gasteiger partial charge on any atom is -0.503 e. The quantitative estimate of drug-likeness (QED) is 0.728. The van der Waals surface area contributed by atoms with Gasteiger partial charge in [0.2, 0.25) is 5.78 Å². The van der Waals surface area contributed by atoms with Crippen molar-refractivity contribution in [3.05, 3.63) is 50.6 Å². The maximum absolute atomic E-state index is 13.2. The van der Waals surface area contributed by atoms with Gasteiger partial charge in [0.25, 0.3) is 5.91 Å². The van der Waals surface area contributed by atoms with Crippen LogP contribution in [0.2, 0.25) is 0 Å². The molecule has 7 nitrogen and oxygen atoms in total. The Hall–Kier alpha value is -2.45. The zero-order valence-corrected chi connectivity index (χ0v) is 16.9. The second kappa shape index (κ2) is 7.28. The zero-order chi connectivity index (χ0) is 19.9. The van der Waals surface area contributed by atoms with Gasteiger partial charge < -0.3 is 19.3 Å². The number of nitrogens with zero attached hydrogens (tertiary/aromatic N) is 2. The van der Waals surface area contributed by atoms with Gasteiger partial charge in [0.15, 0.2) is 5.76 Å². The van der Waals surface area contributed by atoms with Crippen molar-refractivity contribution in [2.75, 3.05) is 27.2 Å². The van der Waals surface area contributed by atoms with Gasteiger partial charge in [-0.25, -0.2) is 4.98 Å². The molecular formula is C19H24N3O4S+. The number of amides is 1. The number of thiazole rings is 1. The number of quaternary nitrogens is 1. The molecule has 0 unspecified atom stereocenters. The van der Waals surface area contributed by atoms with Crippen molar-refractivity contribution in [1.82, 2.24) is 9.88 Å². The smallest absolute Gasteiger partial charge is 0.290 e. The summed E-state index contributed by atoms with van der Waals surface area (Å²) in [7, 11) is 3.96. The molecule has 1 atom stereocenters. The number of aryl methyl sites for hydroxylation is 3. The molecule has 0 saturated carbocycles. The second-order valence-corrected chi connectivity index (χ2v) is 8.25. The number of hydrogen-bond donors (Lipinski definition) is 2. The van der Waals surface area contributed by atoms with Crippen molar-refractivity contribution in [1.29, 1.82) is 0 Å². The minimum absolute atomic E-state index is 0.0647. The number of ketones is 1. The fourth-order valence-electron chi connectivity index (χ4n) is 3.22. The van der Waals surface area contributed by atoms with Crippen molar-refractivity contribution in [2.45, 2.75) is 26.8 Å². The average Bonchev–Trinajstić information content (AvgIpc) is 3.23. The lowest BCUT2D eigenvalue weighted by molar-refractivity contribution is -0.857. The number of Topliss-reactive ketones (excluding diaryl/α,β-unsaturated/α-hetero) is 1. The Labute approximate surface area is 161 Å². The van der Waals surface area contributed by atoms with E-state index in [0.717, 1.165) is 9.91 Å². The van der Waals surface area contributed by atoms with Gasteiger partial charge in [-0.05, 0) is 32.9 Å². The van der Waals surface area contributed by atoms with Gasteiger partial charge in [0, 0.05) is 0 Å². The highest BCUT2D eigenvalue weighted by Crippen LogP contribution is 2.40. The van der Waals surface area contributed by atoms with E-state index in [1.54, 1.807) is 26.0 Å². The molecule has 0 aromatic carbocycles. The Morgan fingerprint density at radius 2 is 2.04 bits per heavy atom. The first-order valence-corrected chi connectivity index (χ1v) is 9.60. The molecule has 8 heteroatoms. The summed E-state index contributed by atoms with van der Waals surface area (Å²) in [4.78, 5) is 33.4. The SMILES string of the molecule is Cc1ccc([C@@H]2C(C(=O)c3sc(C)nc3C)=C(O)C(=O)N2CC[NH+](C)C)o1. The first-order valence-electron chi connectivity index (χ1n) is 8.79. The number of carbonyl (C=O) groups is 2. The van der Waals surface area contributed by atoms with Crippen molar-refractivity contribution < 1.29 is 24.0 Å². The normalized spacial score (nSPS) is 17.5. The molecule has 3 rings (SSSR count). The van der Waals surface area contributed by atoms with E-state index in [9.17, 15) is 14.7 Å². The first-order chi connectivity index (χ1) is 12.7. The van der Waals surface area contributed by atoms with E-state index < -0.39 is 17.7 Å². The van der Waals surface area contributed by atoms with E-state index in [4.69, 9.17) is 4.42 Å². The average molecular weight is 390 g/mol. The van der Waals surface area contributed by atoms with E-state index in [1.165, 1.54) is 16.2 Å². The predicted octanol–water partition coefficient (Wildman–Crippen LogP) is 1.38. The molecule has 0 aliphatic carbocycles. The fourth-order valence-corrected chi connectivity index (χ4v) is 4.09. The number of nitrogens with one attached hydrogen (secondary N) is 1. The first kappa shape index (κ1) is 19.3. The molecule has 0 bridgehead atoms. The van der Waals surface area contributed by atoms with Crippen LogP contribution in [0.4, 0.5) is 0 Å². The van der Waals surface area contributed by atoms with Gasteiger partial charge in [-0.1, -0.05) is 0 Å². The minimum atomic E-state index is -0.736. The van der Waals surface area contributed by atoms with Gasteiger partial charge in [0.05, 0.1) is 48.3 Å². The van der Waals surface area contributed by atoms with E-state index in [-0.39, 0.29) is 11.4 Å². The summed E-state index contributed by atoms with van der Waals surface area (Å²) < 4.78 is 5.74. The van der Waals surface area contributed by atoms with Crippen LogP contribution in [0.5, 0.6) is 0 Å². The highest BCUT2D eigenvalue weighted by atomic mass is 32.1. The number of aromatic nitrogens is 1. The molecule has 2 aromatic heterocycles. The molecule has 0 fully saturated rings. The summed E-state index contributed by atoms with van der Waals surface area (Å²) in [5.74, 6) is -0.266. The van der Waals surface area contributed by atoms with E-state index >= 15 is 0 Å². The summed E-state index contributed by atoms with van der Waals surface area (Å²) >= 11 is 1.26. The van der Waals surface area contributed by atoms with Crippen LogP contribution < -0.4 is 4.90 Å². The van der Waals surface area contributed by atoms with Gasteiger partial charge in [0.1, 0.15) is 17.6 Å². The van der Waals surface area contributed by atoms with Crippen molar-refractivity contribution in [2.24, 2.45) is 0 Å². The summed E-state index contributed by atoms with van der Waals surface area (Å²) in [6, 6.07) is 2.80. The molecule has 1 aliphatic rings. The van der Waals surface area contributed by atoms with Crippen LogP contribution in [0.15, 0.2) is 27.9 Å². The van der Waals surface area contributed by atoms with Crippen molar-refractivity contribution >= 4 is 23.0 Å². The second-order valence-electron chi connectivity index (χ2n) is 7.05. The standard InChI is InChI=1S/C19H23N3O4S/c1-10-6-7-13(26-10)15-14(16(23)18-11(2)20-12(3)27-18)17(24)19(25)22(15)9-8-21(4)5/h6-7,15,24H,8-9H2,1-5H3/p+1/t15-/m1/s1.